The van der Waals surface area contributed by atoms with Crippen LogP contribution in [0.2, 0.25) is 0 Å². The quantitative estimate of drug-likeness (QED) is 0.526. The monoisotopic (exact) mass is 215 g/mol. The molecule has 0 aliphatic carbocycles. The van der Waals surface area contributed by atoms with Gasteiger partial charge in [-0.1, -0.05) is 0 Å². The van der Waals surface area contributed by atoms with E-state index >= 15 is 0 Å². The highest BCUT2D eigenvalue weighted by atomic mass is 19.1. The van der Waals surface area contributed by atoms with Crippen LogP contribution < -0.4 is 5.73 Å². The zero-order valence-electron chi connectivity index (χ0n) is 7.59. The van der Waals surface area contributed by atoms with E-state index in [1.807, 2.05) is 0 Å². The molecule has 2 atom stereocenters. The summed E-state index contributed by atoms with van der Waals surface area (Å²) in [5.74, 6) is -2.28. The lowest BCUT2D eigenvalue weighted by atomic mass is 10.0. The van der Waals surface area contributed by atoms with Crippen LogP contribution in [0.4, 0.5) is 10.1 Å². The maximum Gasteiger partial charge on any atom is 0.335 e. The van der Waals surface area contributed by atoms with E-state index in [0.29, 0.717) is 0 Å². The number of hydrogen-bond donors (Lipinski definition) is 4. The van der Waals surface area contributed by atoms with Crippen LogP contribution in [0.5, 0.6) is 0 Å². The molecular formula is C9H10FNO4. The third kappa shape index (κ3) is 2.42. The molecule has 0 radical (unpaired) electrons. The number of anilines is 1. The fourth-order valence-electron chi connectivity index (χ4n) is 1.11. The van der Waals surface area contributed by atoms with Crippen molar-refractivity contribution in [2.45, 2.75) is 12.2 Å². The van der Waals surface area contributed by atoms with Crippen LogP contribution in [0.15, 0.2) is 18.2 Å². The van der Waals surface area contributed by atoms with Gasteiger partial charge in [-0.15, -0.1) is 0 Å². The number of benzene rings is 1. The van der Waals surface area contributed by atoms with Crippen LogP contribution in [0, 0.1) is 5.82 Å². The molecule has 5 N–H and O–H groups in total. The number of aliphatic hydroxyl groups is 2. The number of hydrogen-bond acceptors (Lipinski definition) is 4. The Bertz CT molecular complexity index is 382. The van der Waals surface area contributed by atoms with Gasteiger partial charge in [0.25, 0.3) is 0 Å². The van der Waals surface area contributed by atoms with Crippen molar-refractivity contribution in [2.24, 2.45) is 0 Å². The molecule has 0 bridgehead atoms. The van der Waals surface area contributed by atoms with Gasteiger partial charge >= 0.3 is 5.97 Å². The number of aliphatic carboxylic acids is 1. The summed E-state index contributed by atoms with van der Waals surface area (Å²) >= 11 is 0. The maximum absolute atomic E-state index is 12.8. The van der Waals surface area contributed by atoms with E-state index in [2.05, 4.69) is 0 Å². The average molecular weight is 215 g/mol. The normalized spacial score (nSPS) is 14.6. The smallest absolute Gasteiger partial charge is 0.335 e. The third-order valence-electron chi connectivity index (χ3n) is 1.92. The highest BCUT2D eigenvalue weighted by Gasteiger charge is 2.26. The zero-order chi connectivity index (χ0) is 11.6. The predicted molar refractivity (Wildman–Crippen MR) is 49.4 cm³/mol. The Labute approximate surface area is 84.6 Å². The van der Waals surface area contributed by atoms with Crippen LogP contribution in [-0.4, -0.2) is 27.4 Å². The van der Waals surface area contributed by atoms with Gasteiger partial charge in [-0.3, -0.25) is 0 Å². The minimum atomic E-state index is -2.03. The predicted octanol–water partition coefficient (Wildman–Crippen LogP) is -0.113. The first-order valence-corrected chi connectivity index (χ1v) is 4.07. The Morgan fingerprint density at radius 1 is 1.40 bits per heavy atom. The fraction of sp³-hybridized carbons (Fsp3) is 0.222. The molecule has 1 aromatic rings. The van der Waals surface area contributed by atoms with Gasteiger partial charge in [-0.2, -0.15) is 0 Å². The van der Waals surface area contributed by atoms with Crippen LogP contribution in [0.25, 0.3) is 0 Å². The Kier molecular flexibility index (Phi) is 3.23. The summed E-state index contributed by atoms with van der Waals surface area (Å²) in [4.78, 5) is 10.4. The van der Waals surface area contributed by atoms with Crippen molar-refractivity contribution in [1.82, 2.24) is 0 Å². The number of nitrogen functional groups attached to an aromatic ring is 1. The van der Waals surface area contributed by atoms with Gasteiger partial charge in [-0.25, -0.2) is 9.18 Å². The van der Waals surface area contributed by atoms with Gasteiger partial charge < -0.3 is 21.1 Å². The van der Waals surface area contributed by atoms with Crippen molar-refractivity contribution in [1.29, 1.82) is 0 Å². The molecule has 0 aliphatic heterocycles. The van der Waals surface area contributed by atoms with Gasteiger partial charge in [0.2, 0.25) is 0 Å². The molecule has 0 fully saturated rings. The van der Waals surface area contributed by atoms with Gasteiger partial charge in [0, 0.05) is 11.3 Å². The van der Waals surface area contributed by atoms with E-state index in [0.717, 1.165) is 12.1 Å². The standard InChI is InChI=1S/C9H10FNO4/c10-4-1-2-6(11)5(3-4)7(12)8(13)9(14)15/h1-3,7-8,12-13H,11H2,(H,14,15). The Hall–Kier alpha value is -1.66. The van der Waals surface area contributed by atoms with Crippen molar-refractivity contribution in [2.75, 3.05) is 5.73 Å². The van der Waals surface area contributed by atoms with E-state index in [4.69, 9.17) is 15.9 Å². The lowest BCUT2D eigenvalue weighted by Crippen LogP contribution is -2.28. The van der Waals surface area contributed by atoms with E-state index in [1.54, 1.807) is 0 Å². The topological polar surface area (TPSA) is 104 Å². The average Bonchev–Trinajstić information content (AvgIpc) is 2.19. The summed E-state index contributed by atoms with van der Waals surface area (Å²) < 4.78 is 12.8. The fourth-order valence-corrected chi connectivity index (χ4v) is 1.11. The molecule has 1 aromatic carbocycles. The lowest BCUT2D eigenvalue weighted by Gasteiger charge is -2.16. The molecule has 15 heavy (non-hydrogen) atoms. The van der Waals surface area contributed by atoms with Crippen LogP contribution in [-0.2, 0) is 4.79 Å². The van der Waals surface area contributed by atoms with Crippen molar-refractivity contribution >= 4 is 11.7 Å². The summed E-state index contributed by atoms with van der Waals surface area (Å²) in [6, 6.07) is 3.13. The number of aliphatic hydroxyl groups excluding tert-OH is 2. The molecule has 0 heterocycles. The molecule has 0 saturated carbocycles. The molecule has 0 aromatic heterocycles. The van der Waals surface area contributed by atoms with Gasteiger partial charge in [0.15, 0.2) is 6.10 Å². The number of rotatable bonds is 3. The summed E-state index contributed by atoms with van der Waals surface area (Å²) in [5, 5.41) is 26.9. The summed E-state index contributed by atoms with van der Waals surface area (Å²) in [6.45, 7) is 0. The number of carboxylic acid groups (broad SMARTS) is 1. The molecule has 82 valence electrons. The molecular weight excluding hydrogens is 205 g/mol. The zero-order valence-corrected chi connectivity index (χ0v) is 7.59. The van der Waals surface area contributed by atoms with Crippen molar-refractivity contribution in [3.63, 3.8) is 0 Å². The first-order valence-electron chi connectivity index (χ1n) is 4.07. The largest absolute Gasteiger partial charge is 0.479 e. The molecule has 5 nitrogen and oxygen atoms in total. The van der Waals surface area contributed by atoms with Gasteiger partial charge in [0.1, 0.15) is 11.9 Å². The molecule has 0 saturated heterocycles. The molecule has 6 heteroatoms. The van der Waals surface area contributed by atoms with Gasteiger partial charge in [0.05, 0.1) is 0 Å². The summed E-state index contributed by atoms with van der Waals surface area (Å²) in [7, 11) is 0. The molecule has 2 unspecified atom stereocenters. The SMILES string of the molecule is Nc1ccc(F)cc1C(O)C(O)C(=O)O. The summed E-state index contributed by atoms with van der Waals surface area (Å²) in [6.07, 6.45) is -3.78. The highest BCUT2D eigenvalue weighted by molar-refractivity contribution is 5.73. The molecule has 0 aliphatic rings. The van der Waals surface area contributed by atoms with Crippen molar-refractivity contribution in [3.8, 4) is 0 Å². The first-order chi connectivity index (χ1) is 6.93. The van der Waals surface area contributed by atoms with E-state index < -0.39 is 24.0 Å². The summed E-state index contributed by atoms with van der Waals surface area (Å²) in [5.41, 5.74) is 5.27. The molecule has 1 rings (SSSR count). The number of carboxylic acids is 1. The minimum Gasteiger partial charge on any atom is -0.479 e. The van der Waals surface area contributed by atoms with Crippen LogP contribution in [0.3, 0.4) is 0 Å². The van der Waals surface area contributed by atoms with Crippen LogP contribution >= 0.6 is 0 Å². The van der Waals surface area contributed by atoms with Crippen LogP contribution in [0.1, 0.15) is 11.7 Å². The van der Waals surface area contributed by atoms with E-state index in [9.17, 15) is 14.3 Å². The van der Waals surface area contributed by atoms with Gasteiger partial charge in [-0.05, 0) is 18.2 Å². The van der Waals surface area contributed by atoms with E-state index in [-0.39, 0.29) is 11.3 Å². The molecule has 0 spiro atoms. The second kappa shape index (κ2) is 4.24. The van der Waals surface area contributed by atoms with Crippen molar-refractivity contribution < 1.29 is 24.5 Å². The first kappa shape index (κ1) is 11.4. The maximum atomic E-state index is 12.8. The second-order valence-electron chi connectivity index (χ2n) is 3.00. The number of carbonyl (C=O) groups is 1. The third-order valence-corrected chi connectivity index (χ3v) is 1.92. The highest BCUT2D eigenvalue weighted by Crippen LogP contribution is 2.24. The minimum absolute atomic E-state index is 0.0178. The lowest BCUT2D eigenvalue weighted by molar-refractivity contribution is -0.153. The Morgan fingerprint density at radius 3 is 2.53 bits per heavy atom. The van der Waals surface area contributed by atoms with Crippen molar-refractivity contribution in [3.05, 3.63) is 29.6 Å². The Balaban J connectivity index is 3.04. The molecule has 0 amide bonds. The second-order valence-corrected chi connectivity index (χ2v) is 3.00. The van der Waals surface area contributed by atoms with E-state index in [1.165, 1.54) is 6.07 Å². The number of halogens is 1. The Morgan fingerprint density at radius 2 is 2.00 bits per heavy atom. The number of nitrogens with two attached hydrogens (primary N) is 1.